The number of anilines is 1. The highest BCUT2D eigenvalue weighted by atomic mass is 35.5. The number of halogens is 2. The van der Waals surface area contributed by atoms with E-state index in [0.717, 1.165) is 11.3 Å². The van der Waals surface area contributed by atoms with Crippen molar-refractivity contribution in [1.29, 1.82) is 0 Å². The first-order valence-corrected chi connectivity index (χ1v) is 10.1. The minimum Gasteiger partial charge on any atom is -0.315 e. The first kappa shape index (κ1) is 19.8. The molecule has 1 heterocycles. The Morgan fingerprint density at radius 2 is 2.00 bits per heavy atom. The molecule has 1 aromatic carbocycles. The van der Waals surface area contributed by atoms with Gasteiger partial charge < -0.3 is 4.90 Å². The Morgan fingerprint density at radius 3 is 2.60 bits per heavy atom. The standard InChI is InChI=1S/C16H18ClFN2O3S2/c1-19(25(22,23)16-6-4-10-24-16)9-3-5-15(21)20(2)12-7-8-14(18)13(17)11-12/h4,6-8,10-11H,3,5,9H2,1-2H3. The molecule has 0 unspecified atom stereocenters. The van der Waals surface area contributed by atoms with Crippen molar-refractivity contribution in [2.24, 2.45) is 0 Å². The molecule has 0 bridgehead atoms. The SMILES string of the molecule is CN(C(=O)CCCN(C)S(=O)(=O)c1cccs1)c1ccc(F)c(Cl)c1. The molecule has 25 heavy (non-hydrogen) atoms. The van der Waals surface area contributed by atoms with Crippen LogP contribution in [0.25, 0.3) is 0 Å². The van der Waals surface area contributed by atoms with E-state index in [4.69, 9.17) is 11.6 Å². The van der Waals surface area contributed by atoms with E-state index in [0.29, 0.717) is 12.1 Å². The number of carbonyl (C=O) groups is 1. The van der Waals surface area contributed by atoms with E-state index in [9.17, 15) is 17.6 Å². The van der Waals surface area contributed by atoms with Crippen LogP contribution in [-0.2, 0) is 14.8 Å². The Balaban J connectivity index is 1.90. The van der Waals surface area contributed by atoms with Crippen LogP contribution in [0, 0.1) is 5.82 Å². The highest BCUT2D eigenvalue weighted by Crippen LogP contribution is 2.23. The fraction of sp³-hybridized carbons (Fsp3) is 0.312. The van der Waals surface area contributed by atoms with Crippen molar-refractivity contribution in [3.05, 3.63) is 46.6 Å². The third-order valence-electron chi connectivity index (χ3n) is 3.69. The van der Waals surface area contributed by atoms with E-state index in [1.54, 1.807) is 24.6 Å². The number of amides is 1. The maximum Gasteiger partial charge on any atom is 0.252 e. The number of carbonyl (C=O) groups excluding carboxylic acids is 1. The summed E-state index contributed by atoms with van der Waals surface area (Å²) in [5, 5.41) is 1.64. The summed E-state index contributed by atoms with van der Waals surface area (Å²) in [5.41, 5.74) is 0.482. The lowest BCUT2D eigenvalue weighted by Gasteiger charge is -2.19. The minimum atomic E-state index is -3.51. The molecule has 0 aliphatic carbocycles. The predicted molar refractivity (Wildman–Crippen MR) is 98.2 cm³/mol. The number of benzene rings is 1. The Kier molecular flexibility index (Phi) is 6.56. The Hall–Kier alpha value is -1.48. The summed E-state index contributed by atoms with van der Waals surface area (Å²) in [4.78, 5) is 13.6. The van der Waals surface area contributed by atoms with E-state index in [1.165, 1.54) is 34.5 Å². The Labute approximate surface area is 155 Å². The van der Waals surface area contributed by atoms with Crippen LogP contribution in [0.3, 0.4) is 0 Å². The predicted octanol–water partition coefficient (Wildman–Crippen LogP) is 3.60. The van der Waals surface area contributed by atoms with Crippen molar-refractivity contribution in [3.63, 3.8) is 0 Å². The lowest BCUT2D eigenvalue weighted by Crippen LogP contribution is -2.30. The highest BCUT2D eigenvalue weighted by Gasteiger charge is 2.22. The average molecular weight is 405 g/mol. The van der Waals surface area contributed by atoms with Crippen LogP contribution in [0.2, 0.25) is 5.02 Å². The zero-order chi connectivity index (χ0) is 18.6. The molecule has 0 fully saturated rings. The van der Waals surface area contributed by atoms with Crippen molar-refractivity contribution < 1.29 is 17.6 Å². The molecule has 1 aromatic heterocycles. The third-order valence-corrected chi connectivity index (χ3v) is 7.21. The van der Waals surface area contributed by atoms with Crippen LogP contribution in [0.15, 0.2) is 39.9 Å². The van der Waals surface area contributed by atoms with Gasteiger partial charge in [-0.1, -0.05) is 17.7 Å². The summed E-state index contributed by atoms with van der Waals surface area (Å²) in [6.07, 6.45) is 0.537. The van der Waals surface area contributed by atoms with Gasteiger partial charge in [-0.3, -0.25) is 4.79 Å². The van der Waals surface area contributed by atoms with E-state index in [-0.39, 0.29) is 28.1 Å². The number of hydrogen-bond acceptors (Lipinski definition) is 4. The maximum atomic E-state index is 13.2. The monoisotopic (exact) mass is 404 g/mol. The fourth-order valence-corrected chi connectivity index (χ4v) is 4.73. The summed E-state index contributed by atoms with van der Waals surface area (Å²) in [7, 11) is -0.452. The molecule has 136 valence electrons. The molecule has 2 rings (SSSR count). The molecule has 0 saturated heterocycles. The second kappa shape index (κ2) is 8.27. The summed E-state index contributed by atoms with van der Waals surface area (Å²) in [6, 6.07) is 7.27. The van der Waals surface area contributed by atoms with Crippen LogP contribution in [-0.4, -0.2) is 39.3 Å². The summed E-state index contributed by atoms with van der Waals surface area (Å²) < 4.78 is 39.3. The zero-order valence-corrected chi connectivity index (χ0v) is 16.2. The van der Waals surface area contributed by atoms with Gasteiger partial charge in [0.25, 0.3) is 10.0 Å². The second-order valence-corrected chi connectivity index (χ2v) is 9.04. The molecule has 2 aromatic rings. The van der Waals surface area contributed by atoms with Crippen molar-refractivity contribution in [1.82, 2.24) is 4.31 Å². The van der Waals surface area contributed by atoms with Gasteiger partial charge in [0, 0.05) is 32.7 Å². The number of hydrogen-bond donors (Lipinski definition) is 0. The van der Waals surface area contributed by atoms with E-state index >= 15 is 0 Å². The molecule has 0 N–H and O–H groups in total. The minimum absolute atomic E-state index is 0.0566. The van der Waals surface area contributed by atoms with Gasteiger partial charge in [0.2, 0.25) is 5.91 Å². The van der Waals surface area contributed by atoms with Gasteiger partial charge in [0.1, 0.15) is 10.0 Å². The lowest BCUT2D eigenvalue weighted by atomic mass is 10.2. The number of thiophene rings is 1. The summed E-state index contributed by atoms with van der Waals surface area (Å²) in [6.45, 7) is 0.226. The van der Waals surface area contributed by atoms with Crippen molar-refractivity contribution >= 4 is 44.6 Å². The van der Waals surface area contributed by atoms with Crippen molar-refractivity contribution in [2.45, 2.75) is 17.1 Å². The van der Waals surface area contributed by atoms with Crippen LogP contribution in [0.5, 0.6) is 0 Å². The van der Waals surface area contributed by atoms with Gasteiger partial charge in [-0.05, 0) is 36.1 Å². The quantitative estimate of drug-likeness (QED) is 0.708. The first-order chi connectivity index (χ1) is 11.7. The third kappa shape index (κ3) is 4.78. The van der Waals surface area contributed by atoms with Gasteiger partial charge in [-0.2, -0.15) is 0 Å². The molecule has 0 atom stereocenters. The number of sulfonamides is 1. The molecule has 0 aliphatic rings. The molecule has 0 aliphatic heterocycles. The smallest absolute Gasteiger partial charge is 0.252 e. The average Bonchev–Trinajstić information content (AvgIpc) is 3.11. The summed E-state index contributed by atoms with van der Waals surface area (Å²) >= 11 is 6.88. The molecule has 9 heteroatoms. The molecular weight excluding hydrogens is 387 g/mol. The largest absolute Gasteiger partial charge is 0.315 e. The van der Waals surface area contributed by atoms with Crippen molar-refractivity contribution in [2.75, 3.05) is 25.5 Å². The van der Waals surface area contributed by atoms with E-state index in [1.807, 2.05) is 0 Å². The number of nitrogens with zero attached hydrogens (tertiary/aromatic N) is 2. The first-order valence-electron chi connectivity index (χ1n) is 7.45. The van der Waals surface area contributed by atoms with Gasteiger partial charge >= 0.3 is 0 Å². The van der Waals surface area contributed by atoms with Crippen LogP contribution in [0.4, 0.5) is 10.1 Å². The van der Waals surface area contributed by atoms with Crippen LogP contribution >= 0.6 is 22.9 Å². The van der Waals surface area contributed by atoms with Crippen LogP contribution in [0.1, 0.15) is 12.8 Å². The van der Waals surface area contributed by atoms with Crippen molar-refractivity contribution in [3.8, 4) is 0 Å². The van der Waals surface area contributed by atoms with E-state index in [2.05, 4.69) is 0 Å². The fourth-order valence-electron chi connectivity index (χ4n) is 2.14. The molecule has 0 saturated carbocycles. The molecule has 0 radical (unpaired) electrons. The Bertz CT molecular complexity index is 841. The van der Waals surface area contributed by atoms with Crippen LogP contribution < -0.4 is 4.90 Å². The lowest BCUT2D eigenvalue weighted by molar-refractivity contribution is -0.118. The molecule has 5 nitrogen and oxygen atoms in total. The topological polar surface area (TPSA) is 57.7 Å². The molecule has 0 spiro atoms. The van der Waals surface area contributed by atoms with Gasteiger partial charge in [-0.15, -0.1) is 11.3 Å². The van der Waals surface area contributed by atoms with Gasteiger partial charge in [-0.25, -0.2) is 17.1 Å². The molecular formula is C16H18ClFN2O3S2. The van der Waals surface area contributed by atoms with E-state index < -0.39 is 15.8 Å². The Morgan fingerprint density at radius 1 is 1.28 bits per heavy atom. The zero-order valence-electron chi connectivity index (χ0n) is 13.8. The van der Waals surface area contributed by atoms with Gasteiger partial charge in [0.15, 0.2) is 0 Å². The highest BCUT2D eigenvalue weighted by molar-refractivity contribution is 7.91. The summed E-state index contributed by atoms with van der Waals surface area (Å²) in [5.74, 6) is -0.753. The normalized spacial score (nSPS) is 11.7. The van der Waals surface area contributed by atoms with Gasteiger partial charge in [0.05, 0.1) is 5.02 Å². The second-order valence-electron chi connectivity index (χ2n) is 5.41. The molecule has 1 amide bonds. The number of rotatable bonds is 7. The maximum absolute atomic E-state index is 13.2.